The van der Waals surface area contributed by atoms with Crippen LogP contribution < -0.4 is 15.6 Å². The molecule has 0 fully saturated rings. The van der Waals surface area contributed by atoms with Crippen molar-refractivity contribution in [3.63, 3.8) is 0 Å². The van der Waals surface area contributed by atoms with E-state index in [2.05, 4.69) is 200 Å². The third-order valence-electron chi connectivity index (χ3n) is 32.6. The quantitative estimate of drug-likeness (QED) is 0.0527. The van der Waals surface area contributed by atoms with Crippen molar-refractivity contribution in [3.8, 4) is 0 Å². The van der Waals surface area contributed by atoms with E-state index in [0.717, 1.165) is 0 Å². The largest absolute Gasteiger partial charge is 0.176 e. The number of benzene rings is 3. The Labute approximate surface area is 556 Å². The normalized spacial score (nSPS) is 24.1. The van der Waals surface area contributed by atoms with Gasteiger partial charge in [-0.1, -0.05) is 184 Å². The summed E-state index contributed by atoms with van der Waals surface area (Å²) >= 11 is 6.03. The molecule has 0 saturated heterocycles. The van der Waals surface area contributed by atoms with Gasteiger partial charge in [0.05, 0.1) is 0 Å². The summed E-state index contributed by atoms with van der Waals surface area (Å²) in [6.45, 7) is 64.0. The maximum atomic E-state index is 6.03. The molecule has 4 heteroatoms. The van der Waals surface area contributed by atoms with Crippen LogP contribution in [0.15, 0.2) is 18.2 Å². The predicted molar refractivity (Wildman–Crippen MR) is 399 cm³/mol. The van der Waals surface area contributed by atoms with Crippen LogP contribution in [0.3, 0.4) is 0 Å². The first-order valence-electron chi connectivity index (χ1n) is 39.1. The highest BCUT2D eigenvalue weighted by Gasteiger charge is 2.71. The molecule has 490 valence electrons. The van der Waals surface area contributed by atoms with Crippen LogP contribution in [0.4, 0.5) is 0 Å². The van der Waals surface area contributed by atoms with Crippen molar-refractivity contribution < 1.29 is 0 Å². The highest BCUT2D eigenvalue weighted by atomic mass is 79.9. The fourth-order valence-electron chi connectivity index (χ4n) is 25.2. The lowest BCUT2D eigenvalue weighted by Crippen LogP contribution is -2.55. The summed E-state index contributed by atoms with van der Waals surface area (Å²) < 4.78 is 0. The summed E-state index contributed by atoms with van der Waals surface area (Å²) in [5.74, 6) is 0. The SMILES string of the molecule is CCC1(CC)CC(CC)(CC)c2c1cc1c(c2[Si]2=[Si](c3c4c(cc5c3C(CC)(CC)CC5(CC)CC)C(CC)(CC)CC4(CC)CC)[Si]2(Br)c2c3c(cc4c2C(CC)(CC)CC4(CC)CC)C(CC)(CC)CC3(CC)CC)C(CC)(CC)CC1(CC)CC. The van der Waals surface area contributed by atoms with Crippen molar-refractivity contribution in [2.45, 2.75) is 424 Å². The van der Waals surface area contributed by atoms with Gasteiger partial charge in [-0.25, -0.2) is 0 Å². The molecule has 0 saturated carbocycles. The third kappa shape index (κ3) is 8.36. The molecule has 0 nitrogen and oxygen atoms in total. The van der Waals surface area contributed by atoms with Crippen LogP contribution >= 0.6 is 15.3 Å². The van der Waals surface area contributed by atoms with Crippen molar-refractivity contribution in [2.75, 3.05) is 0 Å². The second-order valence-electron chi connectivity index (χ2n) is 32.6. The summed E-state index contributed by atoms with van der Waals surface area (Å²) in [6.07, 6.45) is 38.4. The van der Waals surface area contributed by atoms with Gasteiger partial charge in [0.1, 0.15) is 0 Å². The van der Waals surface area contributed by atoms with Gasteiger partial charge in [0.15, 0.2) is 5.73 Å². The molecule has 0 unspecified atom stereocenters. The van der Waals surface area contributed by atoms with E-state index >= 15 is 0 Å². The van der Waals surface area contributed by atoms with Crippen LogP contribution in [-0.4, -0.2) is 20.5 Å². The zero-order chi connectivity index (χ0) is 64.6. The van der Waals surface area contributed by atoms with Crippen molar-refractivity contribution in [2.24, 2.45) is 0 Å². The monoisotopic (exact) mass is 1310 g/mol. The number of rotatable bonds is 27. The summed E-state index contributed by atoms with van der Waals surface area (Å²) in [5, 5.41) is 6.43. The molecule has 0 aromatic heterocycles. The van der Waals surface area contributed by atoms with Gasteiger partial charge in [0, 0.05) is 14.8 Å². The van der Waals surface area contributed by atoms with Gasteiger partial charge in [-0.15, -0.1) is 15.3 Å². The smallest absolute Gasteiger partial charge is 0.119 e. The average molecular weight is 1310 g/mol. The Morgan fingerprint density at radius 2 is 0.375 bits per heavy atom. The molecule has 1 heterocycles. The number of hydrogen-bond acceptors (Lipinski definition) is 0. The van der Waals surface area contributed by atoms with Gasteiger partial charge in [-0.05, 0) is 340 Å². The van der Waals surface area contributed by atoms with Crippen LogP contribution in [0.2, 0.25) is 0 Å². The Bertz CT molecular complexity index is 2820. The van der Waals surface area contributed by atoms with E-state index in [4.69, 9.17) is 15.3 Å². The third-order valence-corrected chi connectivity index (χ3v) is 73.5. The molecular formula is C84H135BrSi3. The van der Waals surface area contributed by atoms with Gasteiger partial charge < -0.3 is 0 Å². The highest BCUT2D eigenvalue weighted by molar-refractivity contribution is 9.31. The average Bonchev–Trinajstić information content (AvgIpc) is 1.46. The Morgan fingerprint density at radius 1 is 0.239 bits per heavy atom. The van der Waals surface area contributed by atoms with Gasteiger partial charge in [0.2, 0.25) is 0 Å². The molecule has 1 aliphatic heterocycles. The number of fused-ring (bicyclic) bond motifs is 6. The zero-order valence-corrected chi connectivity index (χ0v) is 66.9. The van der Waals surface area contributed by atoms with E-state index in [1.807, 2.05) is 66.8 Å². The second kappa shape index (κ2) is 23.9. The standard InChI is InChI=1S/C84H135BrSi3/c1-25-73(26-2)52-79(37-13,38-14)64-58(73)49-59-65(80(39-15,40-16)53-74(59,27-3)28-4)70(64)86-87(71-66-60(75(29-5,30-6)54-81(66,41-17)42-18)50-61-67(71)82(43-19,44-20)55-76(61,31-7)32-8)88(86,85)72-68-62(77(33-9,34-10)56-83(68,45-21)46-22)51-63-69(72)84(47-23,48-24)57-78(63,35-11)36-12/h49-51H,25-48,52-57H2,1-24H3. The van der Waals surface area contributed by atoms with E-state index in [-0.39, 0.29) is 65.0 Å². The van der Waals surface area contributed by atoms with E-state index in [1.165, 1.54) is 193 Å². The molecule has 3 aromatic rings. The number of hydrogen-bond donors (Lipinski definition) is 0. The lowest BCUT2D eigenvalue weighted by molar-refractivity contribution is 0.278. The Hall–Kier alpha value is -1.21. The first kappa shape index (κ1) is 69.6. The summed E-state index contributed by atoms with van der Waals surface area (Å²) in [4.78, 5) is 0. The molecule has 7 aliphatic rings. The van der Waals surface area contributed by atoms with E-state index in [0.29, 0.717) is 0 Å². The fraction of sp³-hybridized carbons (Fsp3) is 0.786. The summed E-state index contributed by atoms with van der Waals surface area (Å²) in [5.41, 5.74) is 22.8. The molecule has 0 bridgehead atoms. The molecule has 0 N–H and O–H groups in total. The minimum Gasteiger partial charge on any atom is -0.119 e. The summed E-state index contributed by atoms with van der Waals surface area (Å²) in [6, 6.07) is 9.28. The second-order valence-corrected chi connectivity index (χ2v) is 59.9. The molecular weight excluding hydrogens is 1170 g/mol. The molecule has 6 aliphatic carbocycles. The van der Waals surface area contributed by atoms with E-state index < -0.39 is 20.5 Å². The minimum absolute atomic E-state index is 0.165. The first-order valence-corrected chi connectivity index (χ1v) is 49.4. The fourth-order valence-corrected chi connectivity index (χ4v) is 78.5. The van der Waals surface area contributed by atoms with Crippen LogP contribution in [-0.2, 0) is 65.0 Å². The molecule has 0 spiro atoms. The molecule has 3 aromatic carbocycles. The van der Waals surface area contributed by atoms with Gasteiger partial charge in [0.25, 0.3) is 0 Å². The van der Waals surface area contributed by atoms with Crippen LogP contribution in [0.5, 0.6) is 0 Å². The first-order chi connectivity index (χ1) is 42.0. The van der Waals surface area contributed by atoms with Crippen molar-refractivity contribution in [1.29, 1.82) is 0 Å². The molecule has 88 heavy (non-hydrogen) atoms. The topological polar surface area (TPSA) is 0 Å². The summed E-state index contributed by atoms with van der Waals surface area (Å²) in [7, 11) is -2.78. The molecule has 0 amide bonds. The van der Waals surface area contributed by atoms with Gasteiger partial charge in [-0.2, -0.15) is 0 Å². The Kier molecular flexibility index (Phi) is 18.9. The zero-order valence-electron chi connectivity index (χ0n) is 62.3. The van der Waals surface area contributed by atoms with E-state index in [9.17, 15) is 0 Å². The lowest BCUT2D eigenvalue weighted by Gasteiger charge is -2.39. The minimum atomic E-state index is -2.83. The maximum Gasteiger partial charge on any atom is 0.176 e. The van der Waals surface area contributed by atoms with Crippen LogP contribution in [0, 0.1) is 0 Å². The Balaban J connectivity index is 1.63. The van der Waals surface area contributed by atoms with Crippen molar-refractivity contribution in [1.82, 2.24) is 0 Å². The van der Waals surface area contributed by atoms with Gasteiger partial charge >= 0.3 is 0 Å². The molecule has 0 radical (unpaired) electrons. The highest BCUT2D eigenvalue weighted by Crippen LogP contribution is 2.68. The predicted octanol–water partition coefficient (Wildman–Crippen LogP) is 23.4. The van der Waals surface area contributed by atoms with Gasteiger partial charge in [-0.3, -0.25) is 0 Å². The molecule has 10 rings (SSSR count). The number of halogens is 1. The molecule has 0 atom stereocenters. The Morgan fingerprint density at radius 3 is 0.523 bits per heavy atom. The van der Waals surface area contributed by atoms with Crippen LogP contribution in [0.1, 0.15) is 426 Å². The van der Waals surface area contributed by atoms with Crippen molar-refractivity contribution >= 4 is 51.4 Å². The van der Waals surface area contributed by atoms with Crippen LogP contribution in [0.25, 0.3) is 0 Å². The maximum absolute atomic E-state index is 6.03. The van der Waals surface area contributed by atoms with E-state index in [1.54, 1.807) is 0 Å². The lowest BCUT2D eigenvalue weighted by atomic mass is 9.70. The van der Waals surface area contributed by atoms with Crippen molar-refractivity contribution in [3.05, 3.63) is 85.0 Å².